The maximum Gasteiger partial charge on any atom is 0.206 e. The van der Waals surface area contributed by atoms with Gasteiger partial charge in [0, 0.05) is 9.79 Å². The van der Waals surface area contributed by atoms with Crippen molar-refractivity contribution in [3.63, 3.8) is 0 Å². The van der Waals surface area contributed by atoms with Gasteiger partial charge in [0.15, 0.2) is 0 Å². The van der Waals surface area contributed by atoms with Crippen LogP contribution in [-0.2, 0) is 19.7 Å². The molecule has 0 saturated carbocycles. The van der Waals surface area contributed by atoms with Crippen molar-refractivity contribution in [1.82, 2.24) is 0 Å². The second-order valence-electron chi connectivity index (χ2n) is 7.18. The van der Waals surface area contributed by atoms with E-state index in [1.807, 2.05) is 0 Å². The molecule has 0 aliphatic carbocycles. The molecule has 4 aromatic carbocycles. The lowest BCUT2D eigenvalue weighted by Crippen LogP contribution is -2.06. The highest BCUT2D eigenvalue weighted by molar-refractivity contribution is 8.00. The summed E-state index contributed by atoms with van der Waals surface area (Å²) in [6.45, 7) is 0. The molecule has 32 heavy (non-hydrogen) atoms. The van der Waals surface area contributed by atoms with Crippen molar-refractivity contribution in [3.05, 3.63) is 97.1 Å². The Morgan fingerprint density at radius 2 is 0.906 bits per heavy atom. The van der Waals surface area contributed by atoms with Gasteiger partial charge in [-0.05, 0) is 60.7 Å². The van der Waals surface area contributed by atoms with E-state index >= 15 is 0 Å². The van der Waals surface area contributed by atoms with Gasteiger partial charge in [-0.3, -0.25) is 0 Å². The summed E-state index contributed by atoms with van der Waals surface area (Å²) in [4.78, 5) is 2.25. The van der Waals surface area contributed by atoms with Crippen molar-refractivity contribution in [3.8, 4) is 0 Å². The Morgan fingerprint density at radius 1 is 0.500 bits per heavy atom. The van der Waals surface area contributed by atoms with Gasteiger partial charge in [-0.25, -0.2) is 16.8 Å². The fraction of sp³-hybridized carbons (Fsp3) is 0. The van der Waals surface area contributed by atoms with Gasteiger partial charge in [0.1, 0.15) is 0 Å². The molecular weight excluding hydrogens is 462 g/mol. The summed E-state index contributed by atoms with van der Waals surface area (Å²) in [5, 5.41) is 3.27. The van der Waals surface area contributed by atoms with E-state index in [1.165, 1.54) is 11.8 Å². The Labute approximate surface area is 191 Å². The summed E-state index contributed by atoms with van der Waals surface area (Å²) >= 11 is 1.34. The second kappa shape index (κ2) is 7.81. The standard InChI is InChI=1S/C24H17NO4S3/c26-31(27,17-7-3-1-4-8-17)19-11-13-21-23(15-19)30-24-16-20(12-14-22(24)25-21)32(28,29)18-9-5-2-6-10-18/h1-16,25H. The van der Waals surface area contributed by atoms with Gasteiger partial charge in [-0.1, -0.05) is 48.2 Å². The average molecular weight is 480 g/mol. The van der Waals surface area contributed by atoms with E-state index in [0.29, 0.717) is 9.79 Å². The quantitative estimate of drug-likeness (QED) is 0.363. The van der Waals surface area contributed by atoms with Crippen LogP contribution >= 0.6 is 11.8 Å². The van der Waals surface area contributed by atoms with Gasteiger partial charge in [-0.15, -0.1) is 0 Å². The molecule has 0 aromatic heterocycles. The van der Waals surface area contributed by atoms with Crippen molar-refractivity contribution < 1.29 is 16.8 Å². The number of hydrogen-bond donors (Lipinski definition) is 1. The van der Waals surface area contributed by atoms with Crippen LogP contribution < -0.4 is 5.32 Å². The number of anilines is 2. The summed E-state index contributed by atoms with van der Waals surface area (Å²) in [6, 6.07) is 26.4. The molecule has 0 saturated heterocycles. The molecule has 1 N–H and O–H groups in total. The summed E-state index contributed by atoms with van der Waals surface area (Å²) < 4.78 is 52.0. The molecule has 0 atom stereocenters. The van der Waals surface area contributed by atoms with Gasteiger partial charge >= 0.3 is 0 Å². The lowest BCUT2D eigenvalue weighted by molar-refractivity contribution is 0.594. The first-order valence-electron chi connectivity index (χ1n) is 9.69. The van der Waals surface area contributed by atoms with Crippen LogP contribution in [0.4, 0.5) is 11.4 Å². The lowest BCUT2D eigenvalue weighted by atomic mass is 10.2. The molecular formula is C24H17NO4S3. The predicted molar refractivity (Wildman–Crippen MR) is 124 cm³/mol. The zero-order chi connectivity index (χ0) is 22.3. The van der Waals surface area contributed by atoms with Gasteiger partial charge < -0.3 is 5.32 Å². The highest BCUT2D eigenvalue weighted by Gasteiger charge is 2.24. The minimum Gasteiger partial charge on any atom is -0.354 e. The molecule has 0 bridgehead atoms. The van der Waals surface area contributed by atoms with Crippen LogP contribution in [0.3, 0.4) is 0 Å². The first kappa shape index (κ1) is 20.8. The molecule has 0 fully saturated rings. The molecule has 5 nitrogen and oxygen atoms in total. The van der Waals surface area contributed by atoms with Gasteiger partial charge in [-0.2, -0.15) is 0 Å². The Balaban J connectivity index is 1.52. The van der Waals surface area contributed by atoms with E-state index in [0.717, 1.165) is 11.4 Å². The predicted octanol–water partition coefficient (Wildman–Crippen LogP) is 5.56. The maximum atomic E-state index is 13.0. The van der Waals surface area contributed by atoms with Crippen molar-refractivity contribution >= 4 is 42.8 Å². The Hall–Kier alpha value is -3.07. The minimum atomic E-state index is -3.65. The normalized spacial score (nSPS) is 13.0. The third kappa shape index (κ3) is 3.60. The van der Waals surface area contributed by atoms with Crippen LogP contribution in [0.15, 0.2) is 126 Å². The zero-order valence-corrected chi connectivity index (χ0v) is 19.0. The molecule has 1 heterocycles. The summed E-state index contributed by atoms with van der Waals surface area (Å²) in [5.41, 5.74) is 1.54. The Morgan fingerprint density at radius 3 is 1.31 bits per heavy atom. The smallest absolute Gasteiger partial charge is 0.206 e. The monoisotopic (exact) mass is 479 g/mol. The number of rotatable bonds is 4. The Kier molecular flexibility index (Phi) is 5.08. The van der Waals surface area contributed by atoms with Crippen LogP contribution in [-0.4, -0.2) is 16.8 Å². The molecule has 5 rings (SSSR count). The van der Waals surface area contributed by atoms with Gasteiger partial charge in [0.2, 0.25) is 19.7 Å². The van der Waals surface area contributed by atoms with Crippen molar-refractivity contribution in [1.29, 1.82) is 0 Å². The second-order valence-corrected chi connectivity index (χ2v) is 12.2. The third-order valence-corrected chi connectivity index (χ3v) is 9.77. The van der Waals surface area contributed by atoms with Crippen LogP contribution in [0.5, 0.6) is 0 Å². The van der Waals surface area contributed by atoms with Crippen molar-refractivity contribution in [2.24, 2.45) is 0 Å². The molecule has 160 valence electrons. The number of nitrogens with one attached hydrogen (secondary N) is 1. The molecule has 0 unspecified atom stereocenters. The van der Waals surface area contributed by atoms with Crippen LogP contribution in [0.25, 0.3) is 0 Å². The number of sulfone groups is 2. The third-order valence-electron chi connectivity index (χ3n) is 5.12. The van der Waals surface area contributed by atoms with Crippen molar-refractivity contribution in [2.45, 2.75) is 29.4 Å². The largest absolute Gasteiger partial charge is 0.354 e. The SMILES string of the molecule is O=S(=O)(c1ccccc1)c1ccc2c(c1)Sc1cc(S(=O)(=O)c3ccccc3)ccc1N2. The number of benzene rings is 4. The van der Waals surface area contributed by atoms with Crippen molar-refractivity contribution in [2.75, 3.05) is 5.32 Å². The molecule has 0 radical (unpaired) electrons. The number of fused-ring (bicyclic) bond motifs is 2. The van der Waals surface area contributed by atoms with E-state index in [9.17, 15) is 16.8 Å². The molecule has 0 amide bonds. The van der Waals surface area contributed by atoms with Crippen LogP contribution in [0, 0.1) is 0 Å². The van der Waals surface area contributed by atoms with Crippen LogP contribution in [0.2, 0.25) is 0 Å². The van der Waals surface area contributed by atoms with Crippen LogP contribution in [0.1, 0.15) is 0 Å². The summed E-state index contributed by atoms with van der Waals surface area (Å²) in [7, 11) is -7.31. The molecule has 1 aliphatic heterocycles. The first-order valence-corrected chi connectivity index (χ1v) is 13.5. The fourth-order valence-corrected chi connectivity index (χ4v) is 7.28. The van der Waals surface area contributed by atoms with Gasteiger partial charge in [0.05, 0.1) is 31.0 Å². The highest BCUT2D eigenvalue weighted by atomic mass is 32.2. The van der Waals surface area contributed by atoms with Gasteiger partial charge in [0.25, 0.3) is 0 Å². The molecule has 8 heteroatoms. The lowest BCUT2D eigenvalue weighted by Gasteiger charge is -2.22. The van der Waals surface area contributed by atoms with E-state index < -0.39 is 19.7 Å². The minimum absolute atomic E-state index is 0.188. The summed E-state index contributed by atoms with van der Waals surface area (Å²) in [5.74, 6) is 0. The van der Waals surface area contributed by atoms with E-state index in [2.05, 4.69) is 5.32 Å². The fourth-order valence-electron chi connectivity index (χ4n) is 3.45. The van der Waals surface area contributed by atoms with E-state index in [1.54, 1.807) is 97.1 Å². The zero-order valence-electron chi connectivity index (χ0n) is 16.6. The van der Waals surface area contributed by atoms with E-state index in [-0.39, 0.29) is 19.6 Å². The van der Waals surface area contributed by atoms with E-state index in [4.69, 9.17) is 0 Å². The molecule has 4 aromatic rings. The molecule has 1 aliphatic rings. The summed E-state index contributed by atoms with van der Waals surface area (Å²) in [6.07, 6.45) is 0. The number of hydrogen-bond acceptors (Lipinski definition) is 6. The molecule has 0 spiro atoms. The average Bonchev–Trinajstić information content (AvgIpc) is 2.83. The maximum absolute atomic E-state index is 13.0. The topological polar surface area (TPSA) is 80.3 Å². The first-order chi connectivity index (χ1) is 15.4. The Bertz CT molecular complexity index is 1420. The highest BCUT2D eigenvalue weighted by Crippen LogP contribution is 2.46.